The van der Waals surface area contributed by atoms with Crippen LogP contribution in [0, 0.1) is 5.41 Å². The molecule has 2 rings (SSSR count). The summed E-state index contributed by atoms with van der Waals surface area (Å²) in [5.74, 6) is 0. The molecular weight excluding hydrogens is 146 g/mol. The van der Waals surface area contributed by atoms with Gasteiger partial charge in [-0.2, -0.15) is 4.98 Å². The largest absolute Gasteiger partial charge is 0.272 e. The van der Waals surface area contributed by atoms with Crippen LogP contribution in [0.25, 0.3) is 5.65 Å². The summed E-state index contributed by atoms with van der Waals surface area (Å²) in [6, 6.07) is 5.72. The molecule has 0 amide bonds. The van der Waals surface area contributed by atoms with Gasteiger partial charge in [0.05, 0.1) is 0 Å². The predicted molar refractivity (Wildman–Crippen MR) is 38.9 cm³/mol. The summed E-state index contributed by atoms with van der Waals surface area (Å²) in [5, 5.41) is 7.21. The van der Waals surface area contributed by atoms with Crippen LogP contribution < -0.4 is 4.80 Å². The molecule has 10 heavy (non-hydrogen) atoms. The first-order valence-electron chi connectivity index (χ1n) is 2.85. The summed E-state index contributed by atoms with van der Waals surface area (Å²) in [7, 11) is 0. The van der Waals surface area contributed by atoms with E-state index in [1.807, 2.05) is 28.2 Å². The SMILES string of the molecule is N=c1nc2ccccn2s1. The lowest BCUT2D eigenvalue weighted by Crippen LogP contribution is -1.89. The normalized spacial score (nSPS) is 10.4. The molecule has 0 saturated heterocycles. The van der Waals surface area contributed by atoms with Gasteiger partial charge in [0.2, 0.25) is 4.80 Å². The standard InChI is InChI=1S/C6H5N3S/c7-6-8-5-3-1-2-4-9(5)10-6/h1-4,7H. The molecule has 0 radical (unpaired) electrons. The van der Waals surface area contributed by atoms with Crippen LogP contribution in [0.5, 0.6) is 0 Å². The van der Waals surface area contributed by atoms with Crippen LogP contribution in [-0.2, 0) is 0 Å². The lowest BCUT2D eigenvalue weighted by Gasteiger charge is -1.84. The highest BCUT2D eigenvalue weighted by Crippen LogP contribution is 1.98. The predicted octanol–water partition coefficient (Wildman–Crippen LogP) is 0.875. The molecule has 1 N–H and O–H groups in total. The van der Waals surface area contributed by atoms with Crippen LogP contribution in [-0.4, -0.2) is 8.77 Å². The molecule has 50 valence electrons. The van der Waals surface area contributed by atoms with Crippen molar-refractivity contribution in [1.29, 1.82) is 5.41 Å². The van der Waals surface area contributed by atoms with Gasteiger partial charge in [-0.05, 0) is 23.7 Å². The number of pyridine rings is 1. The molecule has 0 aliphatic carbocycles. The fourth-order valence-corrected chi connectivity index (χ4v) is 1.45. The van der Waals surface area contributed by atoms with E-state index in [0.29, 0.717) is 4.80 Å². The van der Waals surface area contributed by atoms with Gasteiger partial charge in [0.15, 0.2) is 0 Å². The monoisotopic (exact) mass is 151 g/mol. The highest BCUT2D eigenvalue weighted by molar-refractivity contribution is 7.03. The van der Waals surface area contributed by atoms with Gasteiger partial charge in [-0.25, -0.2) is 0 Å². The van der Waals surface area contributed by atoms with E-state index < -0.39 is 0 Å². The zero-order chi connectivity index (χ0) is 6.97. The van der Waals surface area contributed by atoms with Gasteiger partial charge < -0.3 is 0 Å². The quantitative estimate of drug-likeness (QED) is 0.596. The minimum atomic E-state index is 0.353. The van der Waals surface area contributed by atoms with E-state index in [1.165, 1.54) is 11.5 Å². The number of aromatic nitrogens is 2. The molecule has 0 aliphatic rings. The van der Waals surface area contributed by atoms with Crippen LogP contribution in [0.2, 0.25) is 0 Å². The molecule has 0 aromatic carbocycles. The number of rotatable bonds is 0. The van der Waals surface area contributed by atoms with Gasteiger partial charge in [-0.15, -0.1) is 0 Å². The second-order valence-corrected chi connectivity index (χ2v) is 2.86. The molecule has 0 atom stereocenters. The van der Waals surface area contributed by atoms with Gasteiger partial charge in [0.1, 0.15) is 5.65 Å². The Bertz CT molecular complexity index is 364. The minimum Gasteiger partial charge on any atom is -0.272 e. The van der Waals surface area contributed by atoms with E-state index >= 15 is 0 Å². The van der Waals surface area contributed by atoms with E-state index in [4.69, 9.17) is 5.41 Å². The fraction of sp³-hybridized carbons (Fsp3) is 0. The van der Waals surface area contributed by atoms with Gasteiger partial charge in [0, 0.05) is 6.20 Å². The lowest BCUT2D eigenvalue weighted by atomic mass is 10.5. The van der Waals surface area contributed by atoms with Crippen molar-refractivity contribution in [2.24, 2.45) is 0 Å². The summed E-state index contributed by atoms with van der Waals surface area (Å²) in [4.78, 5) is 4.31. The van der Waals surface area contributed by atoms with Crippen molar-refractivity contribution < 1.29 is 0 Å². The Morgan fingerprint density at radius 3 is 3.20 bits per heavy atom. The molecule has 0 saturated carbocycles. The van der Waals surface area contributed by atoms with Crippen molar-refractivity contribution >= 4 is 17.2 Å². The number of nitrogens with one attached hydrogen (secondary N) is 1. The number of hydrogen-bond acceptors (Lipinski definition) is 3. The topological polar surface area (TPSA) is 41.2 Å². The molecule has 2 aromatic heterocycles. The van der Waals surface area contributed by atoms with Gasteiger partial charge in [-0.1, -0.05) is 6.07 Å². The molecule has 0 unspecified atom stereocenters. The molecular formula is C6H5N3S. The Labute approximate surface area is 61.2 Å². The Kier molecular flexibility index (Phi) is 1.07. The van der Waals surface area contributed by atoms with Crippen LogP contribution in [0.4, 0.5) is 0 Å². The van der Waals surface area contributed by atoms with E-state index in [1.54, 1.807) is 0 Å². The fourth-order valence-electron chi connectivity index (χ4n) is 0.801. The summed E-state index contributed by atoms with van der Waals surface area (Å²) < 4.78 is 1.86. The maximum absolute atomic E-state index is 7.21. The van der Waals surface area contributed by atoms with Crippen molar-refractivity contribution in [2.75, 3.05) is 0 Å². The Hall–Kier alpha value is -1.16. The summed E-state index contributed by atoms with van der Waals surface area (Å²) >= 11 is 1.32. The average molecular weight is 151 g/mol. The molecule has 0 aliphatic heterocycles. The Morgan fingerprint density at radius 2 is 2.40 bits per heavy atom. The van der Waals surface area contributed by atoms with Crippen molar-refractivity contribution in [3.8, 4) is 0 Å². The lowest BCUT2D eigenvalue weighted by molar-refractivity contribution is 1.19. The van der Waals surface area contributed by atoms with E-state index in [-0.39, 0.29) is 0 Å². The van der Waals surface area contributed by atoms with Gasteiger partial charge in [-0.3, -0.25) is 9.20 Å². The van der Waals surface area contributed by atoms with Crippen molar-refractivity contribution in [3.05, 3.63) is 29.2 Å². The minimum absolute atomic E-state index is 0.353. The zero-order valence-electron chi connectivity index (χ0n) is 5.11. The number of nitrogens with zero attached hydrogens (tertiary/aromatic N) is 2. The molecule has 3 nitrogen and oxygen atoms in total. The first-order valence-corrected chi connectivity index (χ1v) is 3.63. The third-order valence-corrected chi connectivity index (χ3v) is 1.97. The summed E-state index contributed by atoms with van der Waals surface area (Å²) in [5.41, 5.74) is 0.845. The maximum Gasteiger partial charge on any atom is 0.220 e. The number of fused-ring (bicyclic) bond motifs is 1. The van der Waals surface area contributed by atoms with Crippen LogP contribution in [0.3, 0.4) is 0 Å². The summed E-state index contributed by atoms with van der Waals surface area (Å²) in [6.45, 7) is 0. The smallest absolute Gasteiger partial charge is 0.220 e. The molecule has 0 bridgehead atoms. The van der Waals surface area contributed by atoms with Crippen LogP contribution in [0.1, 0.15) is 0 Å². The maximum atomic E-state index is 7.21. The molecule has 0 fully saturated rings. The van der Waals surface area contributed by atoms with Crippen LogP contribution in [0.15, 0.2) is 24.4 Å². The molecule has 4 heteroatoms. The third-order valence-electron chi connectivity index (χ3n) is 1.20. The zero-order valence-corrected chi connectivity index (χ0v) is 5.93. The summed E-state index contributed by atoms with van der Waals surface area (Å²) in [6.07, 6.45) is 1.89. The average Bonchev–Trinajstić information content (AvgIpc) is 2.27. The molecule has 0 spiro atoms. The second kappa shape index (κ2) is 1.91. The third kappa shape index (κ3) is 0.733. The van der Waals surface area contributed by atoms with Crippen molar-refractivity contribution in [1.82, 2.24) is 8.77 Å². The highest BCUT2D eigenvalue weighted by atomic mass is 32.1. The molecule has 2 aromatic rings. The van der Waals surface area contributed by atoms with Crippen LogP contribution >= 0.6 is 11.5 Å². The van der Waals surface area contributed by atoms with Gasteiger partial charge in [0.25, 0.3) is 0 Å². The highest BCUT2D eigenvalue weighted by Gasteiger charge is 1.91. The Balaban J connectivity index is 3.01. The van der Waals surface area contributed by atoms with E-state index in [9.17, 15) is 0 Å². The number of hydrogen-bond donors (Lipinski definition) is 1. The van der Waals surface area contributed by atoms with E-state index in [2.05, 4.69) is 4.98 Å². The second-order valence-electron chi connectivity index (χ2n) is 1.89. The first-order chi connectivity index (χ1) is 4.86. The van der Waals surface area contributed by atoms with Crippen molar-refractivity contribution in [3.63, 3.8) is 0 Å². The van der Waals surface area contributed by atoms with E-state index in [0.717, 1.165) is 5.65 Å². The van der Waals surface area contributed by atoms with Gasteiger partial charge >= 0.3 is 0 Å². The molecule has 2 heterocycles. The Morgan fingerprint density at radius 1 is 1.50 bits per heavy atom. The first kappa shape index (κ1) is 5.61. The van der Waals surface area contributed by atoms with Crippen molar-refractivity contribution in [2.45, 2.75) is 0 Å².